The third kappa shape index (κ3) is 2.84. The number of ether oxygens (including phenoxy) is 1. The van der Waals surface area contributed by atoms with Gasteiger partial charge in [0.2, 0.25) is 0 Å². The van der Waals surface area contributed by atoms with Crippen molar-refractivity contribution in [1.29, 1.82) is 0 Å². The van der Waals surface area contributed by atoms with Gasteiger partial charge in [0.15, 0.2) is 0 Å². The predicted molar refractivity (Wildman–Crippen MR) is 75.5 cm³/mol. The van der Waals surface area contributed by atoms with Gasteiger partial charge in [-0.15, -0.1) is 0 Å². The molecule has 19 heavy (non-hydrogen) atoms. The molecule has 0 N–H and O–H groups in total. The Morgan fingerprint density at radius 1 is 1.11 bits per heavy atom. The molecule has 0 aliphatic heterocycles. The second-order valence-electron chi connectivity index (χ2n) is 4.99. The maximum absolute atomic E-state index is 10.9. The summed E-state index contributed by atoms with van der Waals surface area (Å²) in [6.07, 6.45) is 3.38. The van der Waals surface area contributed by atoms with Gasteiger partial charge in [0.25, 0.3) is 0 Å². The first-order chi connectivity index (χ1) is 9.36. The zero-order valence-corrected chi connectivity index (χ0v) is 10.7. The monoisotopic (exact) mass is 252 g/mol. The maximum atomic E-state index is 10.9. The van der Waals surface area contributed by atoms with E-state index in [0.717, 1.165) is 29.8 Å². The largest absolute Gasteiger partial charge is 0.493 e. The Labute approximate surface area is 113 Å². The molecule has 96 valence electrons. The van der Waals surface area contributed by atoms with Crippen molar-refractivity contribution in [1.82, 2.24) is 0 Å². The molecular weight excluding hydrogens is 236 g/mol. The summed E-state index contributed by atoms with van der Waals surface area (Å²) in [4.78, 5) is 10.9. The van der Waals surface area contributed by atoms with Crippen LogP contribution in [0.5, 0.6) is 5.75 Å². The van der Waals surface area contributed by atoms with E-state index < -0.39 is 0 Å². The SMILES string of the molecule is O=Cc1ccc(-c2ccccc2)c(OCC2CC2)c1. The number of rotatable bonds is 5. The van der Waals surface area contributed by atoms with Crippen LogP contribution in [-0.4, -0.2) is 12.9 Å². The molecule has 0 atom stereocenters. The van der Waals surface area contributed by atoms with Crippen LogP contribution in [0.1, 0.15) is 23.2 Å². The first kappa shape index (κ1) is 12.0. The molecule has 2 nitrogen and oxygen atoms in total. The van der Waals surface area contributed by atoms with Gasteiger partial charge in [0.05, 0.1) is 6.61 Å². The van der Waals surface area contributed by atoms with Gasteiger partial charge < -0.3 is 4.74 Å². The van der Waals surface area contributed by atoms with Crippen LogP contribution in [0.4, 0.5) is 0 Å². The Bertz CT molecular complexity index is 571. The minimum atomic E-state index is 0.658. The molecule has 0 bridgehead atoms. The Kier molecular flexibility index (Phi) is 3.32. The zero-order chi connectivity index (χ0) is 13.1. The number of hydrogen-bond donors (Lipinski definition) is 0. The maximum Gasteiger partial charge on any atom is 0.150 e. The summed E-state index contributed by atoms with van der Waals surface area (Å²) in [5, 5.41) is 0. The molecule has 2 aromatic carbocycles. The van der Waals surface area contributed by atoms with Gasteiger partial charge in [-0.25, -0.2) is 0 Å². The van der Waals surface area contributed by atoms with Gasteiger partial charge in [0.1, 0.15) is 12.0 Å². The van der Waals surface area contributed by atoms with E-state index in [1.54, 1.807) is 0 Å². The Morgan fingerprint density at radius 3 is 2.58 bits per heavy atom. The highest BCUT2D eigenvalue weighted by molar-refractivity contribution is 5.80. The second-order valence-corrected chi connectivity index (χ2v) is 4.99. The number of carbonyl (C=O) groups is 1. The van der Waals surface area contributed by atoms with Crippen LogP contribution in [0.15, 0.2) is 48.5 Å². The van der Waals surface area contributed by atoms with E-state index in [4.69, 9.17) is 4.74 Å². The highest BCUT2D eigenvalue weighted by atomic mass is 16.5. The quantitative estimate of drug-likeness (QED) is 0.753. The number of benzene rings is 2. The van der Waals surface area contributed by atoms with Crippen LogP contribution < -0.4 is 4.74 Å². The summed E-state index contributed by atoms with van der Waals surface area (Å²) in [5.41, 5.74) is 2.82. The fourth-order valence-corrected chi connectivity index (χ4v) is 2.08. The van der Waals surface area contributed by atoms with Crippen LogP contribution in [0.25, 0.3) is 11.1 Å². The number of carbonyl (C=O) groups excluding carboxylic acids is 1. The molecule has 1 aliphatic rings. The van der Waals surface area contributed by atoms with Crippen molar-refractivity contribution in [2.24, 2.45) is 5.92 Å². The highest BCUT2D eigenvalue weighted by Gasteiger charge is 2.22. The molecule has 1 saturated carbocycles. The highest BCUT2D eigenvalue weighted by Crippen LogP contribution is 2.34. The molecule has 0 aromatic heterocycles. The molecule has 3 rings (SSSR count). The normalized spacial score (nSPS) is 14.1. The molecule has 0 unspecified atom stereocenters. The van der Waals surface area contributed by atoms with Crippen LogP contribution >= 0.6 is 0 Å². The fourth-order valence-electron chi connectivity index (χ4n) is 2.08. The average molecular weight is 252 g/mol. The van der Waals surface area contributed by atoms with Crippen molar-refractivity contribution >= 4 is 6.29 Å². The second kappa shape index (κ2) is 5.27. The third-order valence-electron chi connectivity index (χ3n) is 3.40. The molecular formula is C17H16O2. The summed E-state index contributed by atoms with van der Waals surface area (Å²) in [5.74, 6) is 1.51. The minimum Gasteiger partial charge on any atom is -0.493 e. The molecule has 1 aliphatic carbocycles. The Hall–Kier alpha value is -2.09. The standard InChI is InChI=1S/C17H16O2/c18-11-14-8-9-16(15-4-2-1-3-5-15)17(10-14)19-12-13-6-7-13/h1-5,8-11,13H,6-7,12H2. The van der Waals surface area contributed by atoms with Gasteiger partial charge in [0, 0.05) is 11.1 Å². The van der Waals surface area contributed by atoms with E-state index in [2.05, 4.69) is 12.1 Å². The summed E-state index contributed by atoms with van der Waals surface area (Å²) in [6.45, 7) is 0.752. The predicted octanol–water partition coefficient (Wildman–Crippen LogP) is 3.95. The Balaban J connectivity index is 1.94. The first-order valence-corrected chi connectivity index (χ1v) is 6.64. The molecule has 0 saturated heterocycles. The van der Waals surface area contributed by atoms with Crippen molar-refractivity contribution in [2.45, 2.75) is 12.8 Å². The third-order valence-corrected chi connectivity index (χ3v) is 3.40. The van der Waals surface area contributed by atoms with E-state index in [-0.39, 0.29) is 0 Å². The van der Waals surface area contributed by atoms with Gasteiger partial charge in [-0.3, -0.25) is 4.79 Å². The minimum absolute atomic E-state index is 0.658. The van der Waals surface area contributed by atoms with Gasteiger partial charge in [-0.1, -0.05) is 36.4 Å². The molecule has 2 heteroatoms. The topological polar surface area (TPSA) is 26.3 Å². The van der Waals surface area contributed by atoms with Gasteiger partial charge in [-0.05, 0) is 36.5 Å². The van der Waals surface area contributed by atoms with Crippen molar-refractivity contribution in [3.05, 3.63) is 54.1 Å². The lowest BCUT2D eigenvalue weighted by Gasteiger charge is -2.12. The van der Waals surface area contributed by atoms with Crippen molar-refractivity contribution in [2.75, 3.05) is 6.61 Å². The lowest BCUT2D eigenvalue weighted by Crippen LogP contribution is -2.01. The van der Waals surface area contributed by atoms with Gasteiger partial charge >= 0.3 is 0 Å². The van der Waals surface area contributed by atoms with Crippen LogP contribution in [0, 0.1) is 5.92 Å². The fraction of sp³-hybridized carbons (Fsp3) is 0.235. The molecule has 1 fully saturated rings. The van der Waals surface area contributed by atoms with E-state index in [1.807, 2.05) is 36.4 Å². The van der Waals surface area contributed by atoms with Crippen LogP contribution in [0.3, 0.4) is 0 Å². The molecule has 0 amide bonds. The van der Waals surface area contributed by atoms with Crippen molar-refractivity contribution < 1.29 is 9.53 Å². The molecule has 0 radical (unpaired) electrons. The number of hydrogen-bond acceptors (Lipinski definition) is 2. The lowest BCUT2D eigenvalue weighted by molar-refractivity contribution is 0.112. The van der Waals surface area contributed by atoms with Crippen LogP contribution in [-0.2, 0) is 0 Å². The van der Waals surface area contributed by atoms with E-state index in [9.17, 15) is 4.79 Å². The smallest absolute Gasteiger partial charge is 0.150 e. The molecule has 2 aromatic rings. The van der Waals surface area contributed by atoms with Gasteiger partial charge in [-0.2, -0.15) is 0 Å². The molecule has 0 spiro atoms. The summed E-state index contributed by atoms with van der Waals surface area (Å²) in [6, 6.07) is 15.7. The number of aldehydes is 1. The zero-order valence-electron chi connectivity index (χ0n) is 10.7. The Morgan fingerprint density at radius 2 is 1.89 bits per heavy atom. The van der Waals surface area contributed by atoms with E-state index in [0.29, 0.717) is 11.5 Å². The van der Waals surface area contributed by atoms with E-state index in [1.165, 1.54) is 12.8 Å². The summed E-state index contributed by atoms with van der Waals surface area (Å²) >= 11 is 0. The first-order valence-electron chi connectivity index (χ1n) is 6.64. The summed E-state index contributed by atoms with van der Waals surface area (Å²) < 4.78 is 5.90. The summed E-state index contributed by atoms with van der Waals surface area (Å²) in [7, 11) is 0. The van der Waals surface area contributed by atoms with Crippen molar-refractivity contribution in [3.63, 3.8) is 0 Å². The average Bonchev–Trinajstić information content (AvgIpc) is 3.30. The molecule has 0 heterocycles. The van der Waals surface area contributed by atoms with E-state index >= 15 is 0 Å². The lowest BCUT2D eigenvalue weighted by atomic mass is 10.0. The van der Waals surface area contributed by atoms with Crippen molar-refractivity contribution in [3.8, 4) is 16.9 Å². The van der Waals surface area contributed by atoms with Crippen LogP contribution in [0.2, 0.25) is 0 Å².